The quantitative estimate of drug-likeness (QED) is 0.458. The lowest BCUT2D eigenvalue weighted by atomic mass is 9.97. The number of aromatic amines is 1. The van der Waals surface area contributed by atoms with E-state index in [1.807, 2.05) is 6.20 Å². The fraction of sp³-hybridized carbons (Fsp3) is 0.0952. The van der Waals surface area contributed by atoms with Crippen LogP contribution < -0.4 is 4.98 Å². The van der Waals surface area contributed by atoms with Crippen LogP contribution in [0.4, 0.5) is 0 Å². The molecule has 3 aromatic carbocycles. The van der Waals surface area contributed by atoms with Gasteiger partial charge in [-0.1, -0.05) is 49.4 Å². The standard InChI is InChI=1S/C21H17N/c1-2-15-8-10-18-17(14-15)9-11-20-19(18)12-13-22-21(20)16-6-4-3-5-7-16/h3-14H,2H2,1H3/p+1. The second-order valence-corrected chi connectivity index (χ2v) is 5.65. The Morgan fingerprint density at radius 2 is 1.59 bits per heavy atom. The molecule has 0 saturated heterocycles. The molecule has 1 heteroatoms. The van der Waals surface area contributed by atoms with E-state index in [1.165, 1.54) is 38.4 Å². The third-order valence-electron chi connectivity index (χ3n) is 4.34. The topological polar surface area (TPSA) is 14.1 Å². The first-order valence-corrected chi connectivity index (χ1v) is 7.78. The molecule has 4 rings (SSSR count). The van der Waals surface area contributed by atoms with E-state index in [9.17, 15) is 0 Å². The van der Waals surface area contributed by atoms with Gasteiger partial charge in [0.2, 0.25) is 5.69 Å². The zero-order valence-electron chi connectivity index (χ0n) is 12.6. The molecule has 0 radical (unpaired) electrons. The maximum absolute atomic E-state index is 3.41. The van der Waals surface area contributed by atoms with Gasteiger partial charge in [0, 0.05) is 17.0 Å². The average Bonchev–Trinajstić information content (AvgIpc) is 2.61. The third kappa shape index (κ3) is 2.06. The number of fused-ring (bicyclic) bond motifs is 3. The van der Waals surface area contributed by atoms with Gasteiger partial charge in [0.25, 0.3) is 0 Å². The predicted molar refractivity (Wildman–Crippen MR) is 92.8 cm³/mol. The van der Waals surface area contributed by atoms with Gasteiger partial charge in [-0.05, 0) is 41.0 Å². The SMILES string of the molecule is CCc1ccc2c(ccc3c(-c4ccccc4)[nH+]ccc32)c1. The Balaban J connectivity index is 2.04. The molecular weight excluding hydrogens is 266 g/mol. The van der Waals surface area contributed by atoms with Crippen molar-refractivity contribution in [3.05, 3.63) is 78.5 Å². The van der Waals surface area contributed by atoms with Crippen LogP contribution >= 0.6 is 0 Å². The van der Waals surface area contributed by atoms with Crippen LogP contribution in [0.2, 0.25) is 0 Å². The smallest absolute Gasteiger partial charge is 0.211 e. The zero-order valence-corrected chi connectivity index (χ0v) is 12.6. The van der Waals surface area contributed by atoms with Crippen molar-refractivity contribution >= 4 is 21.5 Å². The summed E-state index contributed by atoms with van der Waals surface area (Å²) >= 11 is 0. The van der Waals surface area contributed by atoms with E-state index in [0.29, 0.717) is 0 Å². The molecule has 1 aromatic heterocycles. The van der Waals surface area contributed by atoms with Crippen molar-refractivity contribution in [1.29, 1.82) is 0 Å². The molecule has 0 aliphatic carbocycles. The van der Waals surface area contributed by atoms with Gasteiger partial charge in [-0.3, -0.25) is 0 Å². The molecule has 0 atom stereocenters. The molecule has 22 heavy (non-hydrogen) atoms. The summed E-state index contributed by atoms with van der Waals surface area (Å²) in [6.45, 7) is 2.20. The number of rotatable bonds is 2. The molecular formula is C21H18N+. The Kier molecular flexibility index (Phi) is 3.12. The highest BCUT2D eigenvalue weighted by Crippen LogP contribution is 2.30. The van der Waals surface area contributed by atoms with Crippen molar-refractivity contribution in [1.82, 2.24) is 0 Å². The monoisotopic (exact) mass is 284 g/mol. The molecule has 1 N–H and O–H groups in total. The number of pyridine rings is 1. The summed E-state index contributed by atoms with van der Waals surface area (Å²) in [6.07, 6.45) is 3.11. The maximum Gasteiger partial charge on any atom is 0.218 e. The molecule has 4 aromatic rings. The van der Waals surface area contributed by atoms with Gasteiger partial charge < -0.3 is 0 Å². The molecule has 0 fully saturated rings. The van der Waals surface area contributed by atoms with Crippen molar-refractivity contribution < 1.29 is 4.98 Å². The Bertz CT molecular complexity index is 955. The molecule has 0 bridgehead atoms. The normalized spacial score (nSPS) is 11.1. The van der Waals surface area contributed by atoms with Crippen LogP contribution in [0.5, 0.6) is 0 Å². The van der Waals surface area contributed by atoms with Crippen LogP contribution in [-0.4, -0.2) is 0 Å². The van der Waals surface area contributed by atoms with Gasteiger partial charge in [0.1, 0.15) is 0 Å². The molecule has 0 spiro atoms. The first-order chi connectivity index (χ1) is 10.9. The van der Waals surface area contributed by atoms with Gasteiger partial charge in [-0.2, -0.15) is 0 Å². The van der Waals surface area contributed by atoms with Crippen molar-refractivity contribution in [2.75, 3.05) is 0 Å². The fourth-order valence-corrected chi connectivity index (χ4v) is 3.15. The van der Waals surface area contributed by atoms with Crippen LogP contribution in [0.1, 0.15) is 12.5 Å². The minimum atomic E-state index is 1.08. The van der Waals surface area contributed by atoms with Crippen molar-refractivity contribution in [3.63, 3.8) is 0 Å². The van der Waals surface area contributed by atoms with E-state index < -0.39 is 0 Å². The van der Waals surface area contributed by atoms with Gasteiger partial charge in [0.05, 0.1) is 5.39 Å². The molecule has 1 nitrogen and oxygen atoms in total. The molecule has 0 unspecified atom stereocenters. The Hall–Kier alpha value is -2.67. The lowest BCUT2D eigenvalue weighted by molar-refractivity contribution is -0.362. The van der Waals surface area contributed by atoms with Crippen LogP contribution in [0.25, 0.3) is 32.8 Å². The van der Waals surface area contributed by atoms with E-state index in [4.69, 9.17) is 0 Å². The molecule has 0 aliphatic rings. The highest BCUT2D eigenvalue weighted by atomic mass is 14.7. The predicted octanol–water partition coefficient (Wildman–Crippen LogP) is 5.04. The largest absolute Gasteiger partial charge is 0.218 e. The van der Waals surface area contributed by atoms with Crippen molar-refractivity contribution in [2.45, 2.75) is 13.3 Å². The molecule has 0 amide bonds. The number of benzene rings is 3. The minimum Gasteiger partial charge on any atom is -0.211 e. The Morgan fingerprint density at radius 3 is 2.41 bits per heavy atom. The first-order valence-electron chi connectivity index (χ1n) is 7.78. The number of H-pyrrole nitrogens is 1. The number of aromatic nitrogens is 1. The van der Waals surface area contributed by atoms with Gasteiger partial charge in [-0.25, -0.2) is 4.98 Å². The summed E-state index contributed by atoms with van der Waals surface area (Å²) in [7, 11) is 0. The summed E-state index contributed by atoms with van der Waals surface area (Å²) in [5.41, 5.74) is 3.79. The zero-order chi connectivity index (χ0) is 14.9. The van der Waals surface area contributed by atoms with E-state index in [-0.39, 0.29) is 0 Å². The number of hydrogen-bond acceptors (Lipinski definition) is 0. The summed E-state index contributed by atoms with van der Waals surface area (Å²) in [5.74, 6) is 0. The van der Waals surface area contributed by atoms with Gasteiger partial charge >= 0.3 is 0 Å². The lowest BCUT2D eigenvalue weighted by Gasteiger charge is -2.06. The van der Waals surface area contributed by atoms with Gasteiger partial charge in [-0.15, -0.1) is 0 Å². The summed E-state index contributed by atoms with van der Waals surface area (Å²) in [6, 6.07) is 23.9. The van der Waals surface area contributed by atoms with Crippen LogP contribution in [0.3, 0.4) is 0 Å². The van der Waals surface area contributed by atoms with Gasteiger partial charge in [0.15, 0.2) is 6.20 Å². The van der Waals surface area contributed by atoms with Crippen molar-refractivity contribution in [2.24, 2.45) is 0 Å². The molecule has 106 valence electrons. The van der Waals surface area contributed by atoms with Crippen LogP contribution in [0.15, 0.2) is 72.9 Å². The van der Waals surface area contributed by atoms with E-state index >= 15 is 0 Å². The maximum atomic E-state index is 3.41. The van der Waals surface area contributed by atoms with Crippen molar-refractivity contribution in [3.8, 4) is 11.3 Å². The number of nitrogens with one attached hydrogen (secondary N) is 1. The highest BCUT2D eigenvalue weighted by Gasteiger charge is 2.12. The third-order valence-corrected chi connectivity index (χ3v) is 4.34. The van der Waals surface area contributed by atoms with Crippen LogP contribution in [0, 0.1) is 0 Å². The Morgan fingerprint density at radius 1 is 0.773 bits per heavy atom. The van der Waals surface area contributed by atoms with E-state index in [1.54, 1.807) is 0 Å². The highest BCUT2D eigenvalue weighted by molar-refractivity contribution is 6.10. The summed E-state index contributed by atoms with van der Waals surface area (Å²) in [4.78, 5) is 3.41. The summed E-state index contributed by atoms with van der Waals surface area (Å²) in [5, 5.41) is 5.21. The average molecular weight is 284 g/mol. The summed E-state index contributed by atoms with van der Waals surface area (Å²) < 4.78 is 0. The number of hydrogen-bond donors (Lipinski definition) is 0. The Labute approximate surface area is 130 Å². The minimum absolute atomic E-state index is 1.08. The second-order valence-electron chi connectivity index (χ2n) is 5.65. The molecule has 1 heterocycles. The second kappa shape index (κ2) is 5.27. The fourth-order valence-electron chi connectivity index (χ4n) is 3.15. The first kappa shape index (κ1) is 13.0. The van der Waals surface area contributed by atoms with Crippen LogP contribution in [-0.2, 0) is 6.42 Å². The van der Waals surface area contributed by atoms with E-state index in [0.717, 1.165) is 6.42 Å². The number of aryl methyl sites for hydroxylation is 1. The lowest BCUT2D eigenvalue weighted by Crippen LogP contribution is -2.06. The molecule has 0 aliphatic heterocycles. The molecule has 0 saturated carbocycles. The van der Waals surface area contributed by atoms with E-state index in [2.05, 4.69) is 78.6 Å².